The molecule has 0 spiro atoms. The van der Waals surface area contributed by atoms with E-state index in [9.17, 15) is 14.0 Å². The van der Waals surface area contributed by atoms with Gasteiger partial charge in [-0.2, -0.15) is 0 Å². The maximum absolute atomic E-state index is 13.8. The Labute approximate surface area is 135 Å². The Morgan fingerprint density at radius 2 is 1.74 bits per heavy atom. The Morgan fingerprint density at radius 1 is 1.13 bits per heavy atom. The van der Waals surface area contributed by atoms with Crippen molar-refractivity contribution in [1.82, 2.24) is 0 Å². The molecule has 0 aliphatic carbocycles. The van der Waals surface area contributed by atoms with Gasteiger partial charge in [-0.25, -0.2) is 9.18 Å². The van der Waals surface area contributed by atoms with Gasteiger partial charge in [0.05, 0.1) is 18.2 Å². The van der Waals surface area contributed by atoms with E-state index < -0.39 is 17.7 Å². The van der Waals surface area contributed by atoms with Crippen molar-refractivity contribution in [3.63, 3.8) is 0 Å². The van der Waals surface area contributed by atoms with Crippen molar-refractivity contribution in [3.05, 3.63) is 58.4 Å². The lowest BCUT2D eigenvalue weighted by Crippen LogP contribution is -2.18. The molecule has 23 heavy (non-hydrogen) atoms. The molecular weight excluding hydrogens is 296 g/mol. The van der Waals surface area contributed by atoms with Gasteiger partial charge in [-0.15, -0.1) is 0 Å². The highest BCUT2D eigenvalue weighted by molar-refractivity contribution is 6.32. The third kappa shape index (κ3) is 3.59. The lowest BCUT2D eigenvalue weighted by atomic mass is 9.94. The quantitative estimate of drug-likeness (QED) is 0.699. The minimum atomic E-state index is -0.654. The molecule has 0 atom stereocenters. The fraction of sp³-hybridized carbons (Fsp3) is 0.176. The summed E-state index contributed by atoms with van der Waals surface area (Å²) in [5.41, 5.74) is 2.40. The van der Waals surface area contributed by atoms with Gasteiger partial charge in [0.2, 0.25) is 0 Å². The van der Waals surface area contributed by atoms with E-state index in [2.05, 4.69) is 10.1 Å². The second-order valence-electron chi connectivity index (χ2n) is 5.17. The molecule has 116 valence electrons. The van der Waals surface area contributed by atoms with E-state index >= 15 is 0 Å². The summed E-state index contributed by atoms with van der Waals surface area (Å²) in [6, 6.07) is 7.00. The molecule has 0 saturated heterocycles. The van der Waals surface area contributed by atoms with Gasteiger partial charge in [0.15, 0.2) is 0 Å². The Hall–Kier alpha value is -2.63. The molecule has 0 bridgehead atoms. The summed E-state index contributed by atoms with van der Waals surface area (Å²) >= 11 is 0. The number of nitrogens with one attached hydrogen (secondary N) is 1. The van der Waals surface area contributed by atoms with E-state index in [4.69, 9.17) is 7.85 Å². The third-order valence-corrected chi connectivity index (χ3v) is 3.43. The number of carbonyl (C=O) groups is 2. The van der Waals surface area contributed by atoms with Crippen LogP contribution < -0.4 is 10.8 Å². The standard InChI is InChI=1S/C17H15BFNO3/c1-9-6-11(17(22)23-3)7-10(2)15(9)20-16(21)13-8-12(18)4-5-14(13)19/h4-8H,1-3H3,(H,20,21). The first-order valence-corrected chi connectivity index (χ1v) is 6.89. The number of methoxy groups -OCH3 is 1. The maximum Gasteiger partial charge on any atom is 0.337 e. The number of hydrogen-bond donors (Lipinski definition) is 1. The van der Waals surface area contributed by atoms with E-state index in [1.165, 1.54) is 19.2 Å². The smallest absolute Gasteiger partial charge is 0.337 e. The molecule has 4 nitrogen and oxygen atoms in total. The summed E-state index contributed by atoms with van der Waals surface area (Å²) in [5.74, 6) is -1.72. The number of esters is 1. The van der Waals surface area contributed by atoms with Gasteiger partial charge in [-0.1, -0.05) is 17.6 Å². The number of ether oxygens (including phenoxy) is 1. The number of aryl methyl sites for hydroxylation is 2. The molecule has 0 aliphatic heterocycles. The first kappa shape index (κ1) is 16.7. The summed E-state index contributed by atoms with van der Waals surface area (Å²) in [7, 11) is 6.89. The van der Waals surface area contributed by atoms with Crippen molar-refractivity contribution in [2.24, 2.45) is 0 Å². The zero-order valence-corrected chi connectivity index (χ0v) is 13.1. The maximum atomic E-state index is 13.8. The first-order chi connectivity index (χ1) is 10.8. The van der Waals surface area contributed by atoms with Crippen molar-refractivity contribution in [3.8, 4) is 0 Å². The third-order valence-electron chi connectivity index (χ3n) is 3.43. The lowest BCUT2D eigenvalue weighted by Gasteiger charge is -2.14. The van der Waals surface area contributed by atoms with E-state index in [0.29, 0.717) is 27.8 Å². The second kappa shape index (κ2) is 6.65. The van der Waals surface area contributed by atoms with Crippen LogP contribution in [0.1, 0.15) is 31.8 Å². The van der Waals surface area contributed by atoms with Gasteiger partial charge in [0.1, 0.15) is 13.7 Å². The van der Waals surface area contributed by atoms with Crippen LogP contribution >= 0.6 is 0 Å². The number of benzene rings is 2. The fourth-order valence-corrected chi connectivity index (χ4v) is 2.29. The SMILES string of the molecule is [B]c1ccc(F)c(C(=O)Nc2c(C)cc(C(=O)OC)cc2C)c1. The normalized spacial score (nSPS) is 10.3. The Balaban J connectivity index is 2.35. The molecule has 6 heteroatoms. The van der Waals surface area contributed by atoms with E-state index in [1.54, 1.807) is 26.0 Å². The summed E-state index contributed by atoms with van der Waals surface area (Å²) in [5, 5.41) is 2.66. The van der Waals surface area contributed by atoms with Gasteiger partial charge in [0, 0.05) is 5.69 Å². The number of amides is 1. The molecule has 0 unspecified atom stereocenters. The second-order valence-corrected chi connectivity index (χ2v) is 5.17. The lowest BCUT2D eigenvalue weighted by molar-refractivity contribution is 0.0600. The highest BCUT2D eigenvalue weighted by atomic mass is 19.1. The number of rotatable bonds is 3. The average Bonchev–Trinajstić information content (AvgIpc) is 2.51. The number of hydrogen-bond acceptors (Lipinski definition) is 3. The van der Waals surface area contributed by atoms with Crippen molar-refractivity contribution in [2.45, 2.75) is 13.8 Å². The molecule has 2 aromatic rings. The van der Waals surface area contributed by atoms with Gasteiger partial charge >= 0.3 is 5.97 Å². The van der Waals surface area contributed by atoms with Crippen LogP contribution in [0.3, 0.4) is 0 Å². The van der Waals surface area contributed by atoms with Crippen LogP contribution in [0.4, 0.5) is 10.1 Å². The van der Waals surface area contributed by atoms with Crippen LogP contribution in [-0.2, 0) is 4.74 Å². The summed E-state index contributed by atoms with van der Waals surface area (Å²) in [4.78, 5) is 23.9. The number of carbonyl (C=O) groups excluding carboxylic acids is 2. The minimum absolute atomic E-state index is 0.138. The fourth-order valence-electron chi connectivity index (χ4n) is 2.29. The molecular formula is C17H15BFNO3. The van der Waals surface area contributed by atoms with Crippen LogP contribution in [0.2, 0.25) is 0 Å². The van der Waals surface area contributed by atoms with Crippen LogP contribution in [0.15, 0.2) is 30.3 Å². The zero-order chi connectivity index (χ0) is 17.1. The van der Waals surface area contributed by atoms with E-state index in [0.717, 1.165) is 6.07 Å². The molecule has 0 aromatic heterocycles. The summed E-state index contributed by atoms with van der Waals surface area (Å²) < 4.78 is 18.4. The van der Waals surface area contributed by atoms with Crippen molar-refractivity contribution in [1.29, 1.82) is 0 Å². The van der Waals surface area contributed by atoms with Gasteiger partial charge in [-0.3, -0.25) is 4.79 Å². The van der Waals surface area contributed by atoms with E-state index in [-0.39, 0.29) is 5.56 Å². The highest BCUT2D eigenvalue weighted by Crippen LogP contribution is 2.23. The summed E-state index contributed by atoms with van der Waals surface area (Å²) in [6.45, 7) is 3.48. The Bertz CT molecular complexity index is 766. The zero-order valence-electron chi connectivity index (χ0n) is 13.1. The Kier molecular flexibility index (Phi) is 4.84. The van der Waals surface area contributed by atoms with Crippen LogP contribution in [-0.4, -0.2) is 26.8 Å². The molecule has 2 aromatic carbocycles. The predicted octanol–water partition coefficient (Wildman–Crippen LogP) is 2.28. The van der Waals surface area contributed by atoms with Gasteiger partial charge in [-0.05, 0) is 43.2 Å². The van der Waals surface area contributed by atoms with Crippen LogP contribution in [0, 0.1) is 19.7 Å². The number of anilines is 1. The molecule has 2 rings (SSSR count). The molecule has 0 saturated carbocycles. The molecule has 2 radical (unpaired) electrons. The largest absolute Gasteiger partial charge is 0.465 e. The van der Waals surface area contributed by atoms with Gasteiger partial charge in [0.25, 0.3) is 5.91 Å². The number of halogens is 1. The van der Waals surface area contributed by atoms with Crippen molar-refractivity contribution < 1.29 is 18.7 Å². The highest BCUT2D eigenvalue weighted by Gasteiger charge is 2.16. The minimum Gasteiger partial charge on any atom is -0.465 e. The van der Waals surface area contributed by atoms with Crippen LogP contribution in [0.5, 0.6) is 0 Å². The van der Waals surface area contributed by atoms with Crippen LogP contribution in [0.25, 0.3) is 0 Å². The average molecular weight is 311 g/mol. The first-order valence-electron chi connectivity index (χ1n) is 6.89. The molecule has 0 aliphatic rings. The van der Waals surface area contributed by atoms with E-state index in [1.807, 2.05) is 0 Å². The van der Waals surface area contributed by atoms with Crippen molar-refractivity contribution >= 4 is 30.9 Å². The molecule has 0 heterocycles. The molecule has 1 N–H and O–H groups in total. The predicted molar refractivity (Wildman–Crippen MR) is 87.0 cm³/mol. The van der Waals surface area contributed by atoms with Gasteiger partial charge < -0.3 is 10.1 Å². The van der Waals surface area contributed by atoms with Crippen molar-refractivity contribution in [2.75, 3.05) is 12.4 Å². The summed E-state index contributed by atoms with van der Waals surface area (Å²) in [6.07, 6.45) is 0. The Morgan fingerprint density at radius 3 is 2.30 bits per heavy atom. The monoisotopic (exact) mass is 311 g/mol. The molecule has 0 fully saturated rings. The molecule has 1 amide bonds. The topological polar surface area (TPSA) is 55.4 Å².